The summed E-state index contributed by atoms with van der Waals surface area (Å²) in [6.45, 7) is 9.32. The van der Waals surface area contributed by atoms with E-state index in [4.69, 9.17) is 0 Å². The van der Waals surface area contributed by atoms with Crippen molar-refractivity contribution in [3.05, 3.63) is 18.2 Å². The molecule has 1 heterocycles. The van der Waals surface area contributed by atoms with E-state index in [1.54, 1.807) is 0 Å². The standard InChI is InChI=1S/C30H59N2/c1-4-7-9-11-12-13-14-15-16-17-18-19-20-21-22-23-25-27-32-29-28-31(30(32)6-3)26-24-10-8-5-2/h28-29H,4-27H2,1-3H3/q+1. The fourth-order valence-corrected chi connectivity index (χ4v) is 5.03. The Labute approximate surface area is 202 Å². The van der Waals surface area contributed by atoms with Crippen LogP contribution in [0.5, 0.6) is 0 Å². The van der Waals surface area contributed by atoms with E-state index in [-0.39, 0.29) is 0 Å². The van der Waals surface area contributed by atoms with Gasteiger partial charge >= 0.3 is 0 Å². The van der Waals surface area contributed by atoms with Gasteiger partial charge in [-0.3, -0.25) is 0 Å². The molecule has 0 saturated heterocycles. The molecule has 188 valence electrons. The fraction of sp³-hybridized carbons (Fsp3) is 0.900. The smallest absolute Gasteiger partial charge is 0.234 e. The second-order valence-corrected chi connectivity index (χ2v) is 10.2. The second-order valence-electron chi connectivity index (χ2n) is 10.2. The number of aromatic nitrogens is 2. The zero-order valence-corrected chi connectivity index (χ0v) is 22.5. The molecule has 0 radical (unpaired) electrons. The van der Waals surface area contributed by atoms with Gasteiger partial charge in [-0.25, -0.2) is 9.13 Å². The summed E-state index contributed by atoms with van der Waals surface area (Å²) in [5.41, 5.74) is 0. The Morgan fingerprint density at radius 3 is 1.38 bits per heavy atom. The van der Waals surface area contributed by atoms with Crippen LogP contribution >= 0.6 is 0 Å². The number of hydrogen-bond acceptors (Lipinski definition) is 0. The topological polar surface area (TPSA) is 8.81 Å². The largest absolute Gasteiger partial charge is 0.256 e. The van der Waals surface area contributed by atoms with Gasteiger partial charge in [-0.1, -0.05) is 130 Å². The van der Waals surface area contributed by atoms with E-state index < -0.39 is 0 Å². The Morgan fingerprint density at radius 2 is 0.938 bits per heavy atom. The van der Waals surface area contributed by atoms with Crippen LogP contribution < -0.4 is 4.57 Å². The summed E-state index contributed by atoms with van der Waals surface area (Å²) in [6.07, 6.45) is 35.8. The summed E-state index contributed by atoms with van der Waals surface area (Å²) < 4.78 is 5.02. The molecule has 2 heteroatoms. The molecule has 0 aliphatic carbocycles. The molecule has 0 bridgehead atoms. The van der Waals surface area contributed by atoms with Crippen LogP contribution in [0.2, 0.25) is 0 Å². The van der Waals surface area contributed by atoms with Crippen LogP contribution in [0.4, 0.5) is 0 Å². The predicted molar refractivity (Wildman–Crippen MR) is 142 cm³/mol. The molecule has 0 fully saturated rings. The van der Waals surface area contributed by atoms with Gasteiger partial charge < -0.3 is 0 Å². The van der Waals surface area contributed by atoms with Crippen LogP contribution in [0.15, 0.2) is 12.4 Å². The van der Waals surface area contributed by atoms with Crippen LogP contribution in [-0.4, -0.2) is 4.57 Å². The molecule has 0 spiro atoms. The summed E-state index contributed by atoms with van der Waals surface area (Å²) in [4.78, 5) is 0. The Morgan fingerprint density at radius 1 is 0.531 bits per heavy atom. The van der Waals surface area contributed by atoms with E-state index in [0.29, 0.717) is 0 Å². The third-order valence-electron chi connectivity index (χ3n) is 7.16. The Hall–Kier alpha value is -0.790. The summed E-state index contributed by atoms with van der Waals surface area (Å²) in [6, 6.07) is 0. The van der Waals surface area contributed by atoms with E-state index in [2.05, 4.69) is 42.3 Å². The minimum absolute atomic E-state index is 1.15. The molecule has 0 atom stereocenters. The minimum Gasteiger partial charge on any atom is -0.234 e. The van der Waals surface area contributed by atoms with Gasteiger partial charge in [-0.15, -0.1) is 0 Å². The lowest BCUT2D eigenvalue weighted by molar-refractivity contribution is -0.704. The first-order valence-corrected chi connectivity index (χ1v) is 14.9. The Balaban J connectivity index is 1.91. The van der Waals surface area contributed by atoms with Gasteiger partial charge in [0.2, 0.25) is 0 Å². The van der Waals surface area contributed by atoms with E-state index in [1.807, 2.05) is 0 Å². The van der Waals surface area contributed by atoms with Gasteiger partial charge in [0.05, 0.1) is 13.1 Å². The monoisotopic (exact) mass is 447 g/mol. The quantitative estimate of drug-likeness (QED) is 0.110. The van der Waals surface area contributed by atoms with E-state index in [9.17, 15) is 0 Å². The molecule has 0 aliphatic heterocycles. The van der Waals surface area contributed by atoms with Crippen LogP contribution in [0.3, 0.4) is 0 Å². The van der Waals surface area contributed by atoms with E-state index in [1.165, 1.54) is 154 Å². The highest BCUT2D eigenvalue weighted by atomic mass is 15.1. The highest BCUT2D eigenvalue weighted by Crippen LogP contribution is 2.14. The van der Waals surface area contributed by atoms with Gasteiger partial charge in [0.25, 0.3) is 5.82 Å². The first kappa shape index (κ1) is 29.2. The molecule has 0 N–H and O–H groups in total. The molecule has 0 aromatic carbocycles. The summed E-state index contributed by atoms with van der Waals surface area (Å²) in [5.74, 6) is 1.53. The zero-order chi connectivity index (χ0) is 23.1. The normalized spacial score (nSPS) is 11.5. The van der Waals surface area contributed by atoms with Crippen molar-refractivity contribution >= 4 is 0 Å². The fourth-order valence-electron chi connectivity index (χ4n) is 5.03. The van der Waals surface area contributed by atoms with Crippen molar-refractivity contribution < 1.29 is 4.57 Å². The first-order chi connectivity index (χ1) is 15.8. The van der Waals surface area contributed by atoms with Gasteiger partial charge in [-0.2, -0.15) is 0 Å². The molecule has 1 aromatic heterocycles. The molecule has 2 nitrogen and oxygen atoms in total. The summed E-state index contributed by atoms with van der Waals surface area (Å²) in [5, 5.41) is 0. The summed E-state index contributed by atoms with van der Waals surface area (Å²) in [7, 11) is 0. The van der Waals surface area contributed by atoms with Gasteiger partial charge in [0, 0.05) is 6.42 Å². The molecule has 0 saturated carbocycles. The molecular formula is C30H59N2+. The molecule has 1 rings (SSSR count). The highest BCUT2D eigenvalue weighted by molar-refractivity contribution is 4.83. The van der Waals surface area contributed by atoms with Crippen LogP contribution in [0, 0.1) is 0 Å². The number of aryl methyl sites for hydroxylation is 2. The maximum Gasteiger partial charge on any atom is 0.256 e. The molecule has 0 aliphatic rings. The summed E-state index contributed by atoms with van der Waals surface area (Å²) >= 11 is 0. The van der Waals surface area contributed by atoms with Gasteiger partial charge in [0.15, 0.2) is 0 Å². The van der Waals surface area contributed by atoms with E-state index >= 15 is 0 Å². The van der Waals surface area contributed by atoms with E-state index in [0.717, 1.165) is 6.42 Å². The zero-order valence-electron chi connectivity index (χ0n) is 22.5. The molecule has 1 aromatic rings. The Kier molecular flexibility index (Phi) is 20.1. The molecule has 32 heavy (non-hydrogen) atoms. The third-order valence-corrected chi connectivity index (χ3v) is 7.16. The molecule has 0 unspecified atom stereocenters. The average molecular weight is 448 g/mol. The number of rotatable bonds is 24. The van der Waals surface area contributed by atoms with Crippen molar-refractivity contribution in [3.8, 4) is 0 Å². The lowest BCUT2D eigenvalue weighted by Crippen LogP contribution is -2.37. The minimum atomic E-state index is 1.15. The Bertz CT molecular complexity index is 505. The first-order valence-electron chi connectivity index (χ1n) is 14.9. The maximum absolute atomic E-state index is 2.52. The number of hydrogen-bond donors (Lipinski definition) is 0. The predicted octanol–water partition coefficient (Wildman–Crippen LogP) is 9.57. The number of imidazole rings is 1. The van der Waals surface area contributed by atoms with Crippen molar-refractivity contribution in [3.63, 3.8) is 0 Å². The van der Waals surface area contributed by atoms with Crippen LogP contribution in [0.1, 0.15) is 161 Å². The number of nitrogens with zero attached hydrogens (tertiary/aromatic N) is 2. The van der Waals surface area contributed by atoms with Crippen molar-refractivity contribution in [1.29, 1.82) is 0 Å². The number of unbranched alkanes of at least 4 members (excludes halogenated alkanes) is 19. The lowest BCUT2D eigenvalue weighted by atomic mass is 10.0. The SMILES string of the molecule is CCCCCCCCCCCCCCCCCCC[n+]1ccn(CCCCCC)c1CC. The van der Waals surface area contributed by atoms with Gasteiger partial charge in [0.1, 0.15) is 12.4 Å². The van der Waals surface area contributed by atoms with Crippen molar-refractivity contribution in [1.82, 2.24) is 4.57 Å². The van der Waals surface area contributed by atoms with Gasteiger partial charge in [-0.05, 0) is 25.7 Å². The molecular weight excluding hydrogens is 388 g/mol. The van der Waals surface area contributed by atoms with Crippen molar-refractivity contribution in [2.75, 3.05) is 0 Å². The average Bonchev–Trinajstić information content (AvgIpc) is 3.20. The second kappa shape index (κ2) is 22.0. The lowest BCUT2D eigenvalue weighted by Gasteiger charge is -2.05. The third kappa shape index (κ3) is 15.1. The van der Waals surface area contributed by atoms with Crippen LogP contribution in [-0.2, 0) is 19.5 Å². The van der Waals surface area contributed by atoms with Crippen molar-refractivity contribution in [2.24, 2.45) is 0 Å². The van der Waals surface area contributed by atoms with Crippen molar-refractivity contribution in [2.45, 2.75) is 175 Å². The highest BCUT2D eigenvalue weighted by Gasteiger charge is 2.14. The van der Waals surface area contributed by atoms with Crippen LogP contribution in [0.25, 0.3) is 0 Å². The maximum atomic E-state index is 2.52. The molecule has 0 amide bonds.